The zero-order valence-corrected chi connectivity index (χ0v) is 8.64. The van der Waals surface area contributed by atoms with Crippen molar-refractivity contribution in [2.24, 2.45) is 5.73 Å². The van der Waals surface area contributed by atoms with Gasteiger partial charge in [-0.25, -0.2) is 0 Å². The van der Waals surface area contributed by atoms with E-state index in [2.05, 4.69) is 18.9 Å². The lowest BCUT2D eigenvalue weighted by atomic mass is 10.4. The van der Waals surface area contributed by atoms with Crippen LogP contribution in [0.3, 0.4) is 0 Å². The first-order chi connectivity index (χ1) is 6.09. The van der Waals surface area contributed by atoms with E-state index in [0.717, 1.165) is 5.69 Å². The first kappa shape index (κ1) is 10.1. The van der Waals surface area contributed by atoms with Crippen molar-refractivity contribution in [3.63, 3.8) is 0 Å². The van der Waals surface area contributed by atoms with Gasteiger partial charge in [-0.3, -0.25) is 10.1 Å². The molecule has 0 saturated heterocycles. The third-order valence-electron chi connectivity index (χ3n) is 1.57. The summed E-state index contributed by atoms with van der Waals surface area (Å²) >= 11 is 1.29. The van der Waals surface area contributed by atoms with Gasteiger partial charge in [-0.1, -0.05) is 11.8 Å². The van der Waals surface area contributed by atoms with Gasteiger partial charge in [0.1, 0.15) is 0 Å². The monoisotopic (exact) mass is 198 g/mol. The van der Waals surface area contributed by atoms with Crippen molar-refractivity contribution in [2.45, 2.75) is 25.6 Å². The number of nitrogens with zero attached hydrogens (tertiary/aromatic N) is 2. The number of hydrogen-bond acceptors (Lipinski definition) is 3. The van der Waals surface area contributed by atoms with Crippen LogP contribution in [0.25, 0.3) is 0 Å². The Morgan fingerprint density at radius 2 is 2.46 bits per heavy atom. The lowest BCUT2D eigenvalue weighted by Gasteiger charge is -2.03. The third-order valence-corrected chi connectivity index (χ3v) is 2.32. The van der Waals surface area contributed by atoms with Gasteiger partial charge < -0.3 is 5.73 Å². The van der Waals surface area contributed by atoms with Crippen molar-refractivity contribution in [3.8, 4) is 0 Å². The molecular weight excluding hydrogens is 184 g/mol. The summed E-state index contributed by atoms with van der Waals surface area (Å²) in [4.78, 5) is 0. The minimum absolute atomic E-state index is 0.138. The number of nitrogens with two attached hydrogens (primary N) is 1. The molecule has 0 amide bonds. The molecular formula is C8H14N4S. The average Bonchev–Trinajstić information content (AvgIpc) is 2.48. The molecule has 13 heavy (non-hydrogen) atoms. The van der Waals surface area contributed by atoms with Gasteiger partial charge in [-0.2, -0.15) is 5.10 Å². The molecule has 0 aliphatic carbocycles. The van der Waals surface area contributed by atoms with Gasteiger partial charge in [-0.05, 0) is 19.9 Å². The minimum Gasteiger partial charge on any atom is -0.379 e. The zero-order chi connectivity index (χ0) is 9.84. The molecule has 1 heterocycles. The highest BCUT2D eigenvalue weighted by Crippen LogP contribution is 2.11. The number of nitrogens with one attached hydrogen (secondary N) is 1. The quantitative estimate of drug-likeness (QED) is 0.572. The Kier molecular flexibility index (Phi) is 3.36. The molecule has 72 valence electrons. The number of hydrogen-bond donors (Lipinski definition) is 2. The smallest absolute Gasteiger partial charge is 0.151 e. The van der Waals surface area contributed by atoms with E-state index in [4.69, 9.17) is 11.1 Å². The summed E-state index contributed by atoms with van der Waals surface area (Å²) < 4.78 is 1.90. The highest BCUT2D eigenvalue weighted by molar-refractivity contribution is 8.13. The van der Waals surface area contributed by atoms with Crippen LogP contribution in [0, 0.1) is 5.41 Å². The average molecular weight is 198 g/mol. The number of thioether (sulfide) groups is 1. The molecule has 0 saturated carbocycles. The van der Waals surface area contributed by atoms with Gasteiger partial charge in [0.15, 0.2) is 5.17 Å². The van der Waals surface area contributed by atoms with Crippen LogP contribution in [0.1, 0.15) is 25.6 Å². The van der Waals surface area contributed by atoms with Crippen LogP contribution in [0.2, 0.25) is 0 Å². The van der Waals surface area contributed by atoms with E-state index in [9.17, 15) is 0 Å². The molecule has 3 N–H and O–H groups in total. The summed E-state index contributed by atoms with van der Waals surface area (Å²) in [7, 11) is 0. The summed E-state index contributed by atoms with van der Waals surface area (Å²) in [5.41, 5.74) is 6.19. The van der Waals surface area contributed by atoms with Crippen LogP contribution in [-0.2, 0) is 5.75 Å². The van der Waals surface area contributed by atoms with Crippen molar-refractivity contribution < 1.29 is 0 Å². The maximum Gasteiger partial charge on any atom is 0.151 e. The van der Waals surface area contributed by atoms with E-state index < -0.39 is 0 Å². The Balaban J connectivity index is 2.54. The largest absolute Gasteiger partial charge is 0.379 e. The lowest BCUT2D eigenvalue weighted by Crippen LogP contribution is -2.05. The number of rotatable bonds is 3. The fourth-order valence-corrected chi connectivity index (χ4v) is 1.35. The lowest BCUT2D eigenvalue weighted by molar-refractivity contribution is 0.529. The molecule has 0 fully saturated rings. The molecule has 1 aromatic rings. The predicted octanol–water partition coefficient (Wildman–Crippen LogP) is 1.59. The SMILES string of the molecule is CC(C)n1ccc(CSC(=N)N)n1. The van der Waals surface area contributed by atoms with Crippen molar-refractivity contribution in [1.29, 1.82) is 5.41 Å². The zero-order valence-electron chi connectivity index (χ0n) is 7.82. The molecule has 0 atom stereocenters. The van der Waals surface area contributed by atoms with Gasteiger partial charge in [0.2, 0.25) is 0 Å². The maximum atomic E-state index is 7.04. The van der Waals surface area contributed by atoms with Crippen LogP contribution >= 0.6 is 11.8 Å². The molecule has 0 unspecified atom stereocenters. The topological polar surface area (TPSA) is 67.7 Å². The molecule has 0 aliphatic heterocycles. The summed E-state index contributed by atoms with van der Waals surface area (Å²) in [5.74, 6) is 0.676. The van der Waals surface area contributed by atoms with E-state index in [1.807, 2.05) is 16.9 Å². The molecule has 0 aliphatic rings. The molecule has 0 spiro atoms. The molecule has 0 aromatic carbocycles. The second-order valence-corrected chi connectivity index (χ2v) is 4.05. The number of amidine groups is 1. The third kappa shape index (κ3) is 3.10. The van der Waals surface area contributed by atoms with Crippen molar-refractivity contribution in [1.82, 2.24) is 9.78 Å². The Morgan fingerprint density at radius 1 is 1.77 bits per heavy atom. The van der Waals surface area contributed by atoms with Gasteiger partial charge in [-0.15, -0.1) is 0 Å². The first-order valence-corrected chi connectivity index (χ1v) is 5.09. The van der Waals surface area contributed by atoms with Crippen molar-refractivity contribution >= 4 is 16.9 Å². The highest BCUT2D eigenvalue weighted by atomic mass is 32.2. The van der Waals surface area contributed by atoms with Gasteiger partial charge in [0.25, 0.3) is 0 Å². The molecule has 0 radical (unpaired) electrons. The van der Waals surface area contributed by atoms with Crippen LogP contribution in [0.4, 0.5) is 0 Å². The van der Waals surface area contributed by atoms with E-state index >= 15 is 0 Å². The predicted molar refractivity (Wildman–Crippen MR) is 55.8 cm³/mol. The Bertz CT molecular complexity index is 292. The molecule has 4 nitrogen and oxygen atoms in total. The minimum atomic E-state index is 0.138. The van der Waals surface area contributed by atoms with Crippen LogP contribution in [0.5, 0.6) is 0 Å². The summed E-state index contributed by atoms with van der Waals surface area (Å²) in [5, 5.41) is 11.5. The maximum absolute atomic E-state index is 7.04. The molecule has 1 aromatic heterocycles. The highest BCUT2D eigenvalue weighted by Gasteiger charge is 2.02. The normalized spacial score (nSPS) is 10.7. The molecule has 5 heteroatoms. The summed E-state index contributed by atoms with van der Waals surface area (Å²) in [6.07, 6.45) is 1.95. The Labute approximate surface area is 82.0 Å². The fraction of sp³-hybridized carbons (Fsp3) is 0.500. The van der Waals surface area contributed by atoms with Crippen LogP contribution in [0.15, 0.2) is 12.3 Å². The molecule has 0 bridgehead atoms. The standard InChI is InChI=1S/C8H14N4S/c1-6(2)12-4-3-7(11-12)5-13-8(9)10/h3-4,6H,5H2,1-2H3,(H3,9,10). The fourth-order valence-electron chi connectivity index (χ4n) is 0.894. The van der Waals surface area contributed by atoms with E-state index in [-0.39, 0.29) is 5.17 Å². The van der Waals surface area contributed by atoms with Gasteiger partial charge in [0.05, 0.1) is 5.69 Å². The van der Waals surface area contributed by atoms with E-state index in [1.165, 1.54) is 11.8 Å². The van der Waals surface area contributed by atoms with E-state index in [0.29, 0.717) is 11.8 Å². The second kappa shape index (κ2) is 4.32. The van der Waals surface area contributed by atoms with Crippen molar-refractivity contribution in [2.75, 3.05) is 0 Å². The Morgan fingerprint density at radius 3 is 2.92 bits per heavy atom. The van der Waals surface area contributed by atoms with Gasteiger partial charge in [0, 0.05) is 18.0 Å². The number of aromatic nitrogens is 2. The van der Waals surface area contributed by atoms with Gasteiger partial charge >= 0.3 is 0 Å². The first-order valence-electron chi connectivity index (χ1n) is 4.10. The Hall–Kier alpha value is -0.970. The molecule has 1 rings (SSSR count). The van der Waals surface area contributed by atoms with E-state index in [1.54, 1.807) is 0 Å². The summed E-state index contributed by atoms with van der Waals surface area (Å²) in [6, 6.07) is 2.34. The van der Waals surface area contributed by atoms with Crippen molar-refractivity contribution in [3.05, 3.63) is 18.0 Å². The summed E-state index contributed by atoms with van der Waals surface area (Å²) in [6.45, 7) is 4.16. The second-order valence-electron chi connectivity index (χ2n) is 3.03. The van der Waals surface area contributed by atoms with Crippen LogP contribution < -0.4 is 5.73 Å². The van der Waals surface area contributed by atoms with Crippen LogP contribution in [-0.4, -0.2) is 14.9 Å².